The third kappa shape index (κ3) is 4.46. The van der Waals surface area contributed by atoms with Gasteiger partial charge in [-0.05, 0) is 30.0 Å². The number of carbonyl (C=O) groups is 2. The second kappa shape index (κ2) is 6.27. The van der Waals surface area contributed by atoms with Gasteiger partial charge in [0.2, 0.25) is 0 Å². The summed E-state index contributed by atoms with van der Waals surface area (Å²) in [5.41, 5.74) is -0.0425. The van der Waals surface area contributed by atoms with E-state index < -0.39 is 12.0 Å². The van der Waals surface area contributed by atoms with Gasteiger partial charge in [-0.1, -0.05) is 20.8 Å². The van der Waals surface area contributed by atoms with E-state index in [1.165, 1.54) is 12.1 Å². The number of benzene rings is 1. The Hall–Kier alpha value is -2.24. The van der Waals surface area contributed by atoms with Gasteiger partial charge in [0.05, 0.1) is 11.3 Å². The Bertz CT molecular complexity index is 512. The van der Waals surface area contributed by atoms with E-state index in [-0.39, 0.29) is 22.4 Å². The van der Waals surface area contributed by atoms with E-state index in [1.54, 1.807) is 0 Å². The van der Waals surface area contributed by atoms with Crippen LogP contribution >= 0.6 is 0 Å². The average Bonchev–Trinajstić information content (AvgIpc) is 2.38. The summed E-state index contributed by atoms with van der Waals surface area (Å²) in [6, 6.07) is 3.29. The fourth-order valence-electron chi connectivity index (χ4n) is 1.43. The van der Waals surface area contributed by atoms with Crippen LogP contribution in [-0.4, -0.2) is 28.8 Å². The molecule has 0 aliphatic heterocycles. The van der Waals surface area contributed by atoms with Gasteiger partial charge in [-0.15, -0.1) is 0 Å². The molecule has 1 aromatic rings. The first-order valence-electron chi connectivity index (χ1n) is 6.36. The van der Waals surface area contributed by atoms with Crippen LogP contribution in [0.3, 0.4) is 0 Å². The molecule has 110 valence electrons. The molecule has 4 N–H and O–H groups in total. The predicted molar refractivity (Wildman–Crippen MR) is 76.2 cm³/mol. The number of phenolic OH excluding ortho intramolecular Hbond substituents is 1. The molecule has 0 aliphatic carbocycles. The van der Waals surface area contributed by atoms with Gasteiger partial charge in [-0.25, -0.2) is 9.59 Å². The van der Waals surface area contributed by atoms with Crippen molar-refractivity contribution in [3.8, 4) is 5.75 Å². The fourth-order valence-corrected chi connectivity index (χ4v) is 1.43. The summed E-state index contributed by atoms with van der Waals surface area (Å²) in [6.07, 6.45) is 0.910. The summed E-state index contributed by atoms with van der Waals surface area (Å²) in [4.78, 5) is 22.8. The first-order chi connectivity index (χ1) is 9.25. The number of phenols is 1. The smallest absolute Gasteiger partial charge is 0.337 e. The maximum Gasteiger partial charge on any atom is 0.337 e. The number of urea groups is 1. The highest BCUT2D eigenvalue weighted by Gasteiger charge is 2.17. The Morgan fingerprint density at radius 3 is 2.50 bits per heavy atom. The van der Waals surface area contributed by atoms with Gasteiger partial charge in [0.1, 0.15) is 5.75 Å². The highest BCUT2D eigenvalue weighted by Crippen LogP contribution is 2.21. The first kappa shape index (κ1) is 15.8. The third-order valence-electron chi connectivity index (χ3n) is 3.17. The van der Waals surface area contributed by atoms with Crippen LogP contribution in [0, 0.1) is 5.41 Å². The molecule has 0 fully saturated rings. The van der Waals surface area contributed by atoms with Crippen LogP contribution in [0.25, 0.3) is 0 Å². The minimum Gasteiger partial charge on any atom is -0.508 e. The second-order valence-electron chi connectivity index (χ2n) is 5.36. The van der Waals surface area contributed by atoms with Gasteiger partial charge in [0.15, 0.2) is 0 Å². The molecule has 1 aromatic carbocycles. The number of nitrogens with one attached hydrogen (secondary N) is 2. The van der Waals surface area contributed by atoms with Crippen LogP contribution in [0.2, 0.25) is 0 Å². The third-order valence-corrected chi connectivity index (χ3v) is 3.17. The molecule has 0 aliphatic rings. The predicted octanol–water partition coefficient (Wildman–Crippen LogP) is 2.65. The van der Waals surface area contributed by atoms with Crippen molar-refractivity contribution in [3.05, 3.63) is 23.8 Å². The molecule has 0 unspecified atom stereocenters. The molecule has 0 bridgehead atoms. The topological polar surface area (TPSA) is 98.7 Å². The lowest BCUT2D eigenvalue weighted by Crippen LogP contribution is -2.36. The Morgan fingerprint density at radius 1 is 1.30 bits per heavy atom. The number of carbonyl (C=O) groups excluding carboxylic acids is 1. The normalized spacial score (nSPS) is 10.9. The van der Waals surface area contributed by atoms with E-state index in [0.29, 0.717) is 6.54 Å². The van der Waals surface area contributed by atoms with Gasteiger partial charge < -0.3 is 20.8 Å². The zero-order valence-corrected chi connectivity index (χ0v) is 11.9. The molecule has 0 spiro atoms. The molecule has 20 heavy (non-hydrogen) atoms. The Morgan fingerprint density at radius 2 is 1.95 bits per heavy atom. The highest BCUT2D eigenvalue weighted by atomic mass is 16.4. The molecule has 1 rings (SSSR count). The summed E-state index contributed by atoms with van der Waals surface area (Å²) in [5.74, 6) is -1.38. The van der Waals surface area contributed by atoms with E-state index in [2.05, 4.69) is 10.6 Å². The van der Waals surface area contributed by atoms with Crippen molar-refractivity contribution in [3.63, 3.8) is 0 Å². The molecule has 2 amide bonds. The summed E-state index contributed by atoms with van der Waals surface area (Å²) in [7, 11) is 0. The lowest BCUT2D eigenvalue weighted by atomic mass is 9.90. The summed E-state index contributed by atoms with van der Waals surface area (Å²) in [5, 5.41) is 23.5. The van der Waals surface area contributed by atoms with Crippen LogP contribution in [-0.2, 0) is 0 Å². The monoisotopic (exact) mass is 280 g/mol. The Balaban J connectivity index is 2.74. The van der Waals surface area contributed by atoms with Gasteiger partial charge in [0.25, 0.3) is 0 Å². The molecular weight excluding hydrogens is 260 g/mol. The van der Waals surface area contributed by atoms with Gasteiger partial charge >= 0.3 is 12.0 Å². The molecule has 0 heterocycles. The number of hydrogen-bond donors (Lipinski definition) is 4. The molecule has 0 atom stereocenters. The lowest BCUT2D eigenvalue weighted by Gasteiger charge is -2.23. The van der Waals surface area contributed by atoms with Crippen LogP contribution in [0.4, 0.5) is 10.5 Å². The molecule has 0 aromatic heterocycles. The van der Waals surface area contributed by atoms with Crippen molar-refractivity contribution in [2.75, 3.05) is 11.9 Å². The number of aromatic hydroxyl groups is 1. The van der Waals surface area contributed by atoms with Crippen molar-refractivity contribution in [1.82, 2.24) is 5.32 Å². The van der Waals surface area contributed by atoms with Crippen molar-refractivity contribution in [2.24, 2.45) is 5.41 Å². The van der Waals surface area contributed by atoms with E-state index in [4.69, 9.17) is 5.11 Å². The number of rotatable bonds is 5. The lowest BCUT2D eigenvalue weighted by molar-refractivity contribution is 0.0697. The zero-order valence-electron chi connectivity index (χ0n) is 11.9. The van der Waals surface area contributed by atoms with Crippen LogP contribution in [0.15, 0.2) is 18.2 Å². The molecule has 0 saturated carbocycles. The highest BCUT2D eigenvalue weighted by molar-refractivity contribution is 6.00. The van der Waals surface area contributed by atoms with E-state index in [1.807, 2.05) is 20.8 Å². The SMILES string of the molecule is CCC(C)(C)CNC(=O)Nc1ccc(O)cc1C(=O)O. The molecule has 0 radical (unpaired) electrons. The van der Waals surface area contributed by atoms with Crippen molar-refractivity contribution < 1.29 is 19.8 Å². The Labute approximate surface area is 117 Å². The summed E-state index contributed by atoms with van der Waals surface area (Å²) < 4.78 is 0. The van der Waals surface area contributed by atoms with E-state index >= 15 is 0 Å². The molecular formula is C14H20N2O4. The minimum absolute atomic E-state index is 0.0259. The quantitative estimate of drug-likeness (QED) is 0.623. The van der Waals surface area contributed by atoms with Gasteiger partial charge in [-0.3, -0.25) is 0 Å². The van der Waals surface area contributed by atoms with Crippen molar-refractivity contribution in [1.29, 1.82) is 0 Å². The van der Waals surface area contributed by atoms with Crippen molar-refractivity contribution in [2.45, 2.75) is 27.2 Å². The maximum absolute atomic E-state index is 11.8. The molecule has 6 heteroatoms. The van der Waals surface area contributed by atoms with Crippen LogP contribution < -0.4 is 10.6 Å². The zero-order chi connectivity index (χ0) is 15.3. The Kier molecular flexibility index (Phi) is 4.96. The largest absolute Gasteiger partial charge is 0.508 e. The van der Waals surface area contributed by atoms with E-state index in [9.17, 15) is 14.7 Å². The first-order valence-corrected chi connectivity index (χ1v) is 6.36. The van der Waals surface area contributed by atoms with Crippen LogP contribution in [0.5, 0.6) is 5.75 Å². The summed E-state index contributed by atoms with van der Waals surface area (Å²) in [6.45, 7) is 6.56. The number of carboxylic acids is 1. The summed E-state index contributed by atoms with van der Waals surface area (Å²) >= 11 is 0. The molecule has 0 saturated heterocycles. The number of amides is 2. The van der Waals surface area contributed by atoms with Crippen molar-refractivity contribution >= 4 is 17.7 Å². The second-order valence-corrected chi connectivity index (χ2v) is 5.36. The number of carboxylic acid groups (broad SMARTS) is 1. The van der Waals surface area contributed by atoms with Crippen LogP contribution in [0.1, 0.15) is 37.6 Å². The number of aromatic carboxylic acids is 1. The van der Waals surface area contributed by atoms with Gasteiger partial charge in [-0.2, -0.15) is 0 Å². The van der Waals surface area contributed by atoms with E-state index in [0.717, 1.165) is 12.5 Å². The number of anilines is 1. The maximum atomic E-state index is 11.8. The van der Waals surface area contributed by atoms with Gasteiger partial charge in [0, 0.05) is 6.54 Å². The average molecular weight is 280 g/mol. The number of hydrogen-bond acceptors (Lipinski definition) is 3. The molecule has 6 nitrogen and oxygen atoms in total. The standard InChI is InChI=1S/C14H20N2O4/c1-4-14(2,3)8-15-13(20)16-11-6-5-9(17)7-10(11)12(18)19/h5-7,17H,4,8H2,1-3H3,(H,18,19)(H2,15,16,20). The fraction of sp³-hybridized carbons (Fsp3) is 0.429. The minimum atomic E-state index is -1.22.